The lowest BCUT2D eigenvalue weighted by molar-refractivity contribution is 0.300. The van der Waals surface area contributed by atoms with E-state index < -0.39 is 0 Å². The summed E-state index contributed by atoms with van der Waals surface area (Å²) in [5.41, 5.74) is 1.24. The molecule has 86 valence electrons. The fourth-order valence-electron chi connectivity index (χ4n) is 1.48. The van der Waals surface area contributed by atoms with Gasteiger partial charge in [-0.25, -0.2) is 0 Å². The Kier molecular flexibility index (Phi) is 3.66. The van der Waals surface area contributed by atoms with Crippen LogP contribution in [0.3, 0.4) is 0 Å². The number of allylic oxidation sites excluding steroid dienone is 1. The lowest BCUT2D eigenvalue weighted by Gasteiger charge is -2.05. The molecule has 1 nitrogen and oxygen atoms in total. The summed E-state index contributed by atoms with van der Waals surface area (Å²) in [7, 11) is 0. The van der Waals surface area contributed by atoms with Crippen molar-refractivity contribution in [2.75, 3.05) is 6.61 Å². The van der Waals surface area contributed by atoms with Gasteiger partial charge in [-0.3, -0.25) is 0 Å². The Morgan fingerprint density at radius 3 is 2.50 bits per heavy atom. The van der Waals surface area contributed by atoms with Crippen molar-refractivity contribution < 1.29 is 4.74 Å². The minimum Gasteiger partial charge on any atom is -0.493 e. The molecule has 1 fully saturated rings. The number of benzene rings is 1. The van der Waals surface area contributed by atoms with Crippen LogP contribution in [0, 0.1) is 11.8 Å². The normalized spacial score (nSPS) is 15.9. The molecule has 1 saturated carbocycles. The van der Waals surface area contributed by atoms with E-state index in [1.54, 1.807) is 0 Å². The van der Waals surface area contributed by atoms with E-state index in [0.717, 1.165) is 18.3 Å². The SMILES string of the molecule is CC(C)/C=C/c1ccc(OCC2CC2)cc1. The molecule has 0 bridgehead atoms. The van der Waals surface area contributed by atoms with E-state index in [0.29, 0.717) is 5.92 Å². The standard InChI is InChI=1S/C15H20O/c1-12(2)3-4-13-7-9-15(10-8-13)16-11-14-5-6-14/h3-4,7-10,12,14H,5-6,11H2,1-2H3/b4-3+. The number of hydrogen-bond acceptors (Lipinski definition) is 1. The third kappa shape index (κ3) is 3.73. The molecule has 1 heteroatoms. The predicted octanol–water partition coefficient (Wildman–Crippen LogP) is 4.14. The van der Waals surface area contributed by atoms with Crippen LogP contribution in [0.25, 0.3) is 6.08 Å². The summed E-state index contributed by atoms with van der Waals surface area (Å²) >= 11 is 0. The summed E-state index contributed by atoms with van der Waals surface area (Å²) < 4.78 is 5.69. The average molecular weight is 216 g/mol. The zero-order valence-electron chi connectivity index (χ0n) is 10.1. The molecule has 0 saturated heterocycles. The van der Waals surface area contributed by atoms with E-state index in [1.165, 1.54) is 18.4 Å². The van der Waals surface area contributed by atoms with E-state index in [4.69, 9.17) is 4.74 Å². The molecule has 0 N–H and O–H groups in total. The molecule has 0 aromatic heterocycles. The Morgan fingerprint density at radius 1 is 1.25 bits per heavy atom. The van der Waals surface area contributed by atoms with Crippen molar-refractivity contribution in [3.63, 3.8) is 0 Å². The van der Waals surface area contributed by atoms with Gasteiger partial charge in [0.2, 0.25) is 0 Å². The van der Waals surface area contributed by atoms with Crippen molar-refractivity contribution in [1.82, 2.24) is 0 Å². The van der Waals surface area contributed by atoms with Crippen LogP contribution < -0.4 is 4.74 Å². The zero-order chi connectivity index (χ0) is 11.4. The first-order valence-electron chi connectivity index (χ1n) is 6.15. The summed E-state index contributed by atoms with van der Waals surface area (Å²) in [5.74, 6) is 2.42. The second-order valence-corrected chi connectivity index (χ2v) is 4.93. The highest BCUT2D eigenvalue weighted by atomic mass is 16.5. The minimum absolute atomic E-state index is 0.603. The van der Waals surface area contributed by atoms with Gasteiger partial charge in [0.05, 0.1) is 6.61 Å². The largest absolute Gasteiger partial charge is 0.493 e. The summed E-state index contributed by atoms with van der Waals surface area (Å²) in [6, 6.07) is 8.34. The predicted molar refractivity (Wildman–Crippen MR) is 68.5 cm³/mol. The lowest BCUT2D eigenvalue weighted by atomic mass is 10.1. The van der Waals surface area contributed by atoms with Gasteiger partial charge < -0.3 is 4.74 Å². The van der Waals surface area contributed by atoms with Gasteiger partial charge in [-0.05, 0) is 42.4 Å². The third-order valence-corrected chi connectivity index (χ3v) is 2.74. The van der Waals surface area contributed by atoms with Gasteiger partial charge in [0.25, 0.3) is 0 Å². The van der Waals surface area contributed by atoms with Gasteiger partial charge >= 0.3 is 0 Å². The maximum absolute atomic E-state index is 5.69. The molecule has 0 unspecified atom stereocenters. The van der Waals surface area contributed by atoms with Crippen LogP contribution in [0.15, 0.2) is 30.3 Å². The topological polar surface area (TPSA) is 9.23 Å². The Balaban J connectivity index is 1.87. The van der Waals surface area contributed by atoms with E-state index >= 15 is 0 Å². The first-order valence-corrected chi connectivity index (χ1v) is 6.15. The second-order valence-electron chi connectivity index (χ2n) is 4.93. The minimum atomic E-state index is 0.603. The Hall–Kier alpha value is -1.24. The van der Waals surface area contributed by atoms with Gasteiger partial charge in [0, 0.05) is 0 Å². The molecule has 0 amide bonds. The van der Waals surface area contributed by atoms with E-state index in [1.807, 2.05) is 0 Å². The highest BCUT2D eigenvalue weighted by Gasteiger charge is 2.21. The average Bonchev–Trinajstić information content (AvgIpc) is 3.09. The molecular formula is C15H20O. The van der Waals surface area contributed by atoms with Gasteiger partial charge in [-0.15, -0.1) is 0 Å². The molecule has 1 aromatic rings. The van der Waals surface area contributed by atoms with E-state index in [9.17, 15) is 0 Å². The molecule has 0 radical (unpaired) electrons. The van der Waals surface area contributed by atoms with Crippen LogP contribution in [-0.4, -0.2) is 6.61 Å². The fourth-order valence-corrected chi connectivity index (χ4v) is 1.48. The smallest absolute Gasteiger partial charge is 0.119 e. The highest BCUT2D eigenvalue weighted by Crippen LogP contribution is 2.29. The Labute approximate surface area is 98.1 Å². The van der Waals surface area contributed by atoms with Gasteiger partial charge in [0.15, 0.2) is 0 Å². The van der Waals surface area contributed by atoms with Crippen LogP contribution in [0.1, 0.15) is 32.3 Å². The van der Waals surface area contributed by atoms with Crippen LogP contribution in [-0.2, 0) is 0 Å². The molecule has 0 atom stereocenters. The van der Waals surface area contributed by atoms with Crippen molar-refractivity contribution in [3.05, 3.63) is 35.9 Å². The number of hydrogen-bond donors (Lipinski definition) is 0. The quantitative estimate of drug-likeness (QED) is 0.718. The Bertz CT molecular complexity index is 344. The molecule has 0 spiro atoms. The summed E-state index contributed by atoms with van der Waals surface area (Å²) in [4.78, 5) is 0. The molecule has 0 aliphatic heterocycles. The lowest BCUT2D eigenvalue weighted by Crippen LogP contribution is -1.98. The zero-order valence-corrected chi connectivity index (χ0v) is 10.1. The molecule has 1 aliphatic rings. The second kappa shape index (κ2) is 5.20. The van der Waals surface area contributed by atoms with Crippen molar-refractivity contribution in [2.24, 2.45) is 11.8 Å². The summed E-state index contributed by atoms with van der Waals surface area (Å²) in [6.45, 7) is 5.26. The van der Waals surface area contributed by atoms with Crippen molar-refractivity contribution in [1.29, 1.82) is 0 Å². The maximum atomic E-state index is 5.69. The van der Waals surface area contributed by atoms with Crippen LogP contribution >= 0.6 is 0 Å². The van der Waals surface area contributed by atoms with Crippen molar-refractivity contribution in [3.8, 4) is 5.75 Å². The Morgan fingerprint density at radius 2 is 1.94 bits per heavy atom. The van der Waals surface area contributed by atoms with Gasteiger partial charge in [0.1, 0.15) is 5.75 Å². The first-order chi connectivity index (χ1) is 7.74. The van der Waals surface area contributed by atoms with Crippen molar-refractivity contribution in [2.45, 2.75) is 26.7 Å². The maximum Gasteiger partial charge on any atom is 0.119 e. The fraction of sp³-hybridized carbons (Fsp3) is 0.467. The van der Waals surface area contributed by atoms with Crippen LogP contribution in [0.4, 0.5) is 0 Å². The first kappa shape index (κ1) is 11.3. The summed E-state index contributed by atoms with van der Waals surface area (Å²) in [5, 5.41) is 0. The third-order valence-electron chi connectivity index (χ3n) is 2.74. The molecule has 0 heterocycles. The highest BCUT2D eigenvalue weighted by molar-refractivity contribution is 5.50. The summed E-state index contributed by atoms with van der Waals surface area (Å²) in [6.07, 6.45) is 7.06. The van der Waals surface area contributed by atoms with Gasteiger partial charge in [-0.2, -0.15) is 0 Å². The molecule has 16 heavy (non-hydrogen) atoms. The van der Waals surface area contributed by atoms with Crippen LogP contribution in [0.5, 0.6) is 5.75 Å². The number of ether oxygens (including phenoxy) is 1. The molecule has 2 rings (SSSR count). The van der Waals surface area contributed by atoms with E-state index in [-0.39, 0.29) is 0 Å². The van der Waals surface area contributed by atoms with E-state index in [2.05, 4.69) is 50.3 Å². The molecule has 1 aliphatic carbocycles. The van der Waals surface area contributed by atoms with Gasteiger partial charge in [-0.1, -0.05) is 38.1 Å². The molecule has 1 aromatic carbocycles. The van der Waals surface area contributed by atoms with Crippen LogP contribution in [0.2, 0.25) is 0 Å². The molecular weight excluding hydrogens is 196 g/mol. The number of rotatable bonds is 5. The monoisotopic (exact) mass is 216 g/mol. The van der Waals surface area contributed by atoms with Crippen molar-refractivity contribution >= 4 is 6.08 Å².